The first-order valence-electron chi connectivity index (χ1n) is 14.5. The lowest BCUT2D eigenvalue weighted by Crippen LogP contribution is -2.26. The summed E-state index contributed by atoms with van der Waals surface area (Å²) >= 11 is 6.87. The highest BCUT2D eigenvalue weighted by Gasteiger charge is 2.21. The first kappa shape index (κ1) is 33.0. The smallest absolute Gasteiger partial charge is 0.326 e. The molecule has 44 heavy (non-hydrogen) atoms. The van der Waals surface area contributed by atoms with Crippen molar-refractivity contribution in [2.75, 3.05) is 0 Å². The van der Waals surface area contributed by atoms with E-state index in [-0.39, 0.29) is 30.3 Å². The molecule has 3 aromatic carbocycles. The zero-order chi connectivity index (χ0) is 32.1. The molecular weight excluding hydrogens is 593 g/mol. The van der Waals surface area contributed by atoms with Crippen molar-refractivity contribution in [1.29, 1.82) is 0 Å². The van der Waals surface area contributed by atoms with Gasteiger partial charge in [-0.05, 0) is 90.5 Å². The Labute approximate surface area is 267 Å². The van der Waals surface area contributed by atoms with Gasteiger partial charge in [-0.15, -0.1) is 0 Å². The highest BCUT2D eigenvalue weighted by atomic mass is 32.2. The van der Waals surface area contributed by atoms with Gasteiger partial charge in [0.15, 0.2) is 9.93 Å². The van der Waals surface area contributed by atoms with Crippen molar-refractivity contribution < 1.29 is 19.1 Å². The Kier molecular flexibility index (Phi) is 10.4. The Hall–Kier alpha value is -3.89. The fraction of sp³-hybridized carbons (Fsp3) is 0.353. The predicted octanol–water partition coefficient (Wildman–Crippen LogP) is 8.27. The van der Waals surface area contributed by atoms with E-state index in [1.807, 2.05) is 113 Å². The van der Waals surface area contributed by atoms with Crippen molar-refractivity contribution in [2.24, 2.45) is 0 Å². The maximum Gasteiger partial charge on any atom is 0.326 e. The highest BCUT2D eigenvalue weighted by molar-refractivity contribution is 7.99. The molecule has 0 bridgehead atoms. The molecule has 2 heterocycles. The quantitative estimate of drug-likeness (QED) is 0.110. The summed E-state index contributed by atoms with van der Waals surface area (Å²) in [5, 5.41) is 1.05. The lowest BCUT2D eigenvalue weighted by atomic mass is 10.2. The minimum absolute atomic E-state index is 0.125. The van der Waals surface area contributed by atoms with Gasteiger partial charge in [-0.3, -0.25) is 9.59 Å². The molecule has 8 nitrogen and oxygen atoms in total. The van der Waals surface area contributed by atoms with E-state index in [2.05, 4.69) is 24.0 Å². The zero-order valence-electron chi connectivity index (χ0n) is 26.3. The Balaban J connectivity index is 0.000000215. The van der Waals surface area contributed by atoms with Gasteiger partial charge in [-0.1, -0.05) is 66.4 Å². The highest BCUT2D eigenvalue weighted by Crippen LogP contribution is 2.36. The summed E-state index contributed by atoms with van der Waals surface area (Å²) in [6.07, 6.45) is 0. The van der Waals surface area contributed by atoms with E-state index < -0.39 is 11.2 Å². The molecule has 0 radical (unpaired) electrons. The van der Waals surface area contributed by atoms with Crippen LogP contribution >= 0.6 is 24.0 Å². The summed E-state index contributed by atoms with van der Waals surface area (Å²) in [5.74, 6) is -0.543. The summed E-state index contributed by atoms with van der Waals surface area (Å²) in [4.78, 5) is 32.0. The third kappa shape index (κ3) is 9.06. The number of rotatable bonds is 7. The molecule has 0 spiro atoms. The van der Waals surface area contributed by atoms with E-state index in [1.54, 1.807) is 16.3 Å². The van der Waals surface area contributed by atoms with Crippen LogP contribution in [0.5, 0.6) is 0 Å². The van der Waals surface area contributed by atoms with E-state index in [0.717, 1.165) is 27.2 Å². The van der Waals surface area contributed by atoms with E-state index in [9.17, 15) is 9.59 Å². The Morgan fingerprint density at radius 1 is 0.795 bits per heavy atom. The topological polar surface area (TPSA) is 91.1 Å². The van der Waals surface area contributed by atoms with Crippen molar-refractivity contribution >= 4 is 58.0 Å². The molecular formula is C34H40N4O4S2. The lowest BCUT2D eigenvalue weighted by molar-refractivity contribution is -0.156. The molecule has 1 unspecified atom stereocenters. The van der Waals surface area contributed by atoms with Crippen molar-refractivity contribution in [3.63, 3.8) is 0 Å². The maximum absolute atomic E-state index is 12.4. The maximum atomic E-state index is 12.4. The molecule has 0 fully saturated rings. The number of nitrogens with zero attached hydrogens (tertiary/aromatic N) is 3. The van der Waals surface area contributed by atoms with Crippen LogP contribution in [0, 0.1) is 4.77 Å². The number of hydrogen-bond acceptors (Lipinski definition) is 7. The summed E-state index contributed by atoms with van der Waals surface area (Å²) in [7, 11) is 0. The Morgan fingerprint density at radius 3 is 1.93 bits per heavy atom. The molecule has 0 amide bonds. The number of nitrogens with one attached hydrogen (secondary N) is 1. The number of aromatic amines is 1. The van der Waals surface area contributed by atoms with Crippen molar-refractivity contribution in [2.45, 2.75) is 83.2 Å². The molecule has 0 aliphatic heterocycles. The number of benzene rings is 3. The number of ether oxygens (including phenoxy) is 2. The number of para-hydroxylation sites is 4. The van der Waals surface area contributed by atoms with E-state index in [4.69, 9.17) is 26.7 Å². The van der Waals surface area contributed by atoms with E-state index in [1.165, 1.54) is 5.56 Å². The number of aromatic nitrogens is 4. The van der Waals surface area contributed by atoms with Gasteiger partial charge in [0, 0.05) is 5.25 Å². The molecule has 10 heteroatoms. The minimum Gasteiger partial charge on any atom is -0.459 e. The number of carbonyl (C=O) groups is 2. The number of H-pyrrole nitrogens is 1. The first-order chi connectivity index (χ1) is 20.7. The number of hydrogen-bond donors (Lipinski definition) is 1. The number of carbonyl (C=O) groups excluding carboxylic acids is 2. The summed E-state index contributed by atoms with van der Waals surface area (Å²) in [6, 6.07) is 25.9. The van der Waals surface area contributed by atoms with Crippen molar-refractivity contribution in [1.82, 2.24) is 19.1 Å². The summed E-state index contributed by atoms with van der Waals surface area (Å²) in [5.41, 5.74) is 3.91. The van der Waals surface area contributed by atoms with Gasteiger partial charge >= 0.3 is 11.9 Å². The minimum atomic E-state index is -0.502. The molecule has 2 aromatic heterocycles. The van der Waals surface area contributed by atoms with Gasteiger partial charge in [0.2, 0.25) is 0 Å². The molecule has 1 atom stereocenters. The second kappa shape index (κ2) is 13.8. The Morgan fingerprint density at radius 2 is 1.32 bits per heavy atom. The van der Waals surface area contributed by atoms with Crippen LogP contribution < -0.4 is 0 Å². The lowest BCUT2D eigenvalue weighted by Gasteiger charge is -2.20. The van der Waals surface area contributed by atoms with Gasteiger partial charge in [0.25, 0.3) is 0 Å². The second-order valence-electron chi connectivity index (χ2n) is 12.3. The molecule has 0 saturated carbocycles. The third-order valence-electron chi connectivity index (χ3n) is 6.27. The molecule has 0 saturated heterocycles. The number of imidazole rings is 2. The van der Waals surface area contributed by atoms with Gasteiger partial charge in [-0.25, -0.2) is 4.98 Å². The zero-order valence-corrected chi connectivity index (χ0v) is 27.9. The molecule has 0 aliphatic rings. The number of fused-ring (bicyclic) bond motifs is 2. The molecule has 232 valence electrons. The van der Waals surface area contributed by atoms with Gasteiger partial charge in [0.1, 0.15) is 24.3 Å². The Bertz CT molecular complexity index is 1790. The van der Waals surface area contributed by atoms with Gasteiger partial charge in [0.05, 0.1) is 22.1 Å². The van der Waals surface area contributed by atoms with Crippen LogP contribution in [0.3, 0.4) is 0 Å². The average Bonchev–Trinajstić information content (AvgIpc) is 3.43. The van der Waals surface area contributed by atoms with Crippen LogP contribution in [0.1, 0.15) is 59.3 Å². The van der Waals surface area contributed by atoms with Crippen LogP contribution in [0.25, 0.3) is 22.1 Å². The summed E-state index contributed by atoms with van der Waals surface area (Å²) < 4.78 is 15.0. The predicted molar refractivity (Wildman–Crippen MR) is 179 cm³/mol. The van der Waals surface area contributed by atoms with Gasteiger partial charge in [-0.2, -0.15) is 0 Å². The average molecular weight is 633 g/mol. The van der Waals surface area contributed by atoms with E-state index in [0.29, 0.717) is 4.77 Å². The van der Waals surface area contributed by atoms with Gasteiger partial charge < -0.3 is 23.6 Å². The third-order valence-corrected chi connectivity index (χ3v) is 7.74. The fourth-order valence-electron chi connectivity index (χ4n) is 4.52. The van der Waals surface area contributed by atoms with Crippen LogP contribution in [-0.2, 0) is 32.2 Å². The molecule has 5 aromatic rings. The number of thioether (sulfide) groups is 1. The van der Waals surface area contributed by atoms with Crippen molar-refractivity contribution in [3.8, 4) is 0 Å². The second-order valence-corrected chi connectivity index (χ2v) is 14.0. The van der Waals surface area contributed by atoms with Crippen LogP contribution in [0.15, 0.2) is 84.0 Å². The normalized spacial score (nSPS) is 12.4. The standard InChI is InChI=1S/C21H24N2O2S.C13H16N2O2S/c1-15(16-10-6-5-7-11-16)26-20-22-17-12-8-9-13-18(17)23(20)14-19(24)25-21(2,3)4;1-13(2,3)17-11(16)8-15-10-7-5-4-6-9(10)14-12(15)18/h5-13,15H,14H2,1-4H3;4-7H,8H2,1-3H3,(H,14,18). The fourth-order valence-corrected chi connectivity index (χ4v) is 5.84. The first-order valence-corrected chi connectivity index (χ1v) is 15.8. The van der Waals surface area contributed by atoms with Crippen LogP contribution in [0.2, 0.25) is 0 Å². The molecule has 0 aliphatic carbocycles. The summed E-state index contributed by atoms with van der Waals surface area (Å²) in [6.45, 7) is 13.6. The van der Waals surface area contributed by atoms with Crippen molar-refractivity contribution in [3.05, 3.63) is 89.2 Å². The molecule has 1 N–H and O–H groups in total. The van der Waals surface area contributed by atoms with Crippen LogP contribution in [0.4, 0.5) is 0 Å². The monoisotopic (exact) mass is 632 g/mol. The SMILES string of the molecule is CC(C)(C)OC(=O)Cn1c(=S)[nH]c2ccccc21.CC(Sc1nc2ccccc2n1CC(=O)OC(C)(C)C)c1ccccc1. The largest absolute Gasteiger partial charge is 0.459 e. The molecule has 5 rings (SSSR count). The van der Waals surface area contributed by atoms with E-state index >= 15 is 0 Å². The van der Waals surface area contributed by atoms with Crippen LogP contribution in [-0.4, -0.2) is 42.2 Å². The number of esters is 2.